The SMILES string of the molecule is COc1ccc(N(CC(=O)NCCSc2ccccn2)S(C)(=O)=O)c(OC)c1. The Morgan fingerprint density at radius 1 is 1.21 bits per heavy atom. The zero-order chi connectivity index (χ0) is 20.6. The maximum absolute atomic E-state index is 12.3. The minimum Gasteiger partial charge on any atom is -0.497 e. The van der Waals surface area contributed by atoms with E-state index in [-0.39, 0.29) is 12.2 Å². The first kappa shape index (κ1) is 21.8. The molecular weight excluding hydrogens is 402 g/mol. The number of nitrogens with zero attached hydrogens (tertiary/aromatic N) is 2. The monoisotopic (exact) mass is 425 g/mol. The van der Waals surface area contributed by atoms with Crippen LogP contribution in [0.3, 0.4) is 0 Å². The molecule has 0 radical (unpaired) electrons. The summed E-state index contributed by atoms with van der Waals surface area (Å²) in [6.45, 7) is 0.0349. The van der Waals surface area contributed by atoms with E-state index in [1.54, 1.807) is 24.4 Å². The molecule has 0 aliphatic rings. The van der Waals surface area contributed by atoms with Crippen LogP contribution in [0.4, 0.5) is 5.69 Å². The standard InChI is InChI=1S/C18H23N3O5S2/c1-25-14-7-8-15(16(12-14)26-2)21(28(3,23)24)13-17(22)19-10-11-27-18-6-4-5-9-20-18/h4-9,12H,10-11,13H2,1-3H3,(H,19,22). The number of amides is 1. The lowest BCUT2D eigenvalue weighted by molar-refractivity contribution is -0.119. The third-order valence-electron chi connectivity index (χ3n) is 3.66. The lowest BCUT2D eigenvalue weighted by Crippen LogP contribution is -2.41. The molecule has 0 atom stereocenters. The number of hydrogen-bond donors (Lipinski definition) is 1. The smallest absolute Gasteiger partial charge is 0.240 e. The predicted molar refractivity (Wildman–Crippen MR) is 110 cm³/mol. The fraction of sp³-hybridized carbons (Fsp3) is 0.333. The number of rotatable bonds is 10. The van der Waals surface area contributed by atoms with E-state index in [4.69, 9.17) is 9.47 Å². The third kappa shape index (κ3) is 6.31. The molecule has 0 saturated carbocycles. The maximum Gasteiger partial charge on any atom is 0.240 e. The summed E-state index contributed by atoms with van der Waals surface area (Å²) < 4.78 is 35.9. The highest BCUT2D eigenvalue weighted by Crippen LogP contribution is 2.33. The Hall–Kier alpha value is -2.46. The van der Waals surface area contributed by atoms with Gasteiger partial charge in [0.2, 0.25) is 15.9 Å². The Morgan fingerprint density at radius 2 is 2.00 bits per heavy atom. The minimum absolute atomic E-state index is 0.267. The molecule has 0 unspecified atom stereocenters. The number of sulfonamides is 1. The number of thioether (sulfide) groups is 1. The second-order valence-corrected chi connectivity index (χ2v) is 8.70. The number of nitrogens with one attached hydrogen (secondary N) is 1. The summed E-state index contributed by atoms with van der Waals surface area (Å²) in [6, 6.07) is 10.3. The Morgan fingerprint density at radius 3 is 2.61 bits per heavy atom. The second-order valence-electron chi connectivity index (χ2n) is 5.67. The van der Waals surface area contributed by atoms with Crippen LogP contribution in [0.2, 0.25) is 0 Å². The van der Waals surface area contributed by atoms with Gasteiger partial charge in [0, 0.05) is 24.6 Å². The Labute approximate surface area is 169 Å². The number of methoxy groups -OCH3 is 2. The topological polar surface area (TPSA) is 97.8 Å². The predicted octanol–water partition coefficient (Wildman–Crippen LogP) is 1.77. The first-order valence-corrected chi connectivity index (χ1v) is 11.2. The van der Waals surface area contributed by atoms with Gasteiger partial charge < -0.3 is 14.8 Å². The molecule has 28 heavy (non-hydrogen) atoms. The first-order chi connectivity index (χ1) is 13.3. The molecule has 0 spiro atoms. The average Bonchev–Trinajstić information content (AvgIpc) is 2.69. The van der Waals surface area contributed by atoms with Gasteiger partial charge in [0.1, 0.15) is 18.0 Å². The van der Waals surface area contributed by atoms with E-state index in [2.05, 4.69) is 10.3 Å². The van der Waals surface area contributed by atoms with Gasteiger partial charge in [-0.2, -0.15) is 0 Å². The fourth-order valence-electron chi connectivity index (χ4n) is 2.34. The number of benzene rings is 1. The zero-order valence-corrected chi connectivity index (χ0v) is 17.5. The van der Waals surface area contributed by atoms with Gasteiger partial charge in [-0.25, -0.2) is 13.4 Å². The Bertz CT molecular complexity index is 891. The molecule has 1 aromatic carbocycles. The largest absolute Gasteiger partial charge is 0.497 e. The van der Waals surface area contributed by atoms with Crippen LogP contribution in [-0.4, -0.2) is 58.6 Å². The van der Waals surface area contributed by atoms with Gasteiger partial charge in [0.15, 0.2) is 0 Å². The number of carbonyl (C=O) groups is 1. The molecule has 1 aromatic heterocycles. The summed E-state index contributed by atoms with van der Waals surface area (Å²) in [5, 5.41) is 3.58. The molecule has 10 heteroatoms. The highest BCUT2D eigenvalue weighted by atomic mass is 32.2. The second kappa shape index (κ2) is 10.2. The van der Waals surface area contributed by atoms with Crippen LogP contribution in [0.1, 0.15) is 0 Å². The van der Waals surface area contributed by atoms with Crippen LogP contribution < -0.4 is 19.1 Å². The van der Waals surface area contributed by atoms with Crippen LogP contribution in [-0.2, 0) is 14.8 Å². The molecule has 0 fully saturated rings. The van der Waals surface area contributed by atoms with E-state index in [0.717, 1.165) is 15.6 Å². The molecule has 152 valence electrons. The van der Waals surface area contributed by atoms with Crippen LogP contribution in [0.5, 0.6) is 11.5 Å². The van der Waals surface area contributed by atoms with Crippen molar-refractivity contribution >= 4 is 33.4 Å². The van der Waals surface area contributed by atoms with Crippen LogP contribution in [0.15, 0.2) is 47.6 Å². The van der Waals surface area contributed by atoms with Gasteiger partial charge >= 0.3 is 0 Å². The van der Waals surface area contributed by atoms with Crippen molar-refractivity contribution in [1.82, 2.24) is 10.3 Å². The molecule has 2 aromatic rings. The van der Waals surface area contributed by atoms with Gasteiger partial charge in [-0.05, 0) is 24.3 Å². The fourth-order valence-corrected chi connectivity index (χ4v) is 3.92. The molecule has 1 heterocycles. The average molecular weight is 426 g/mol. The summed E-state index contributed by atoms with van der Waals surface area (Å²) in [6.07, 6.45) is 2.74. The molecule has 0 bridgehead atoms. The van der Waals surface area contributed by atoms with Crippen molar-refractivity contribution in [3.05, 3.63) is 42.6 Å². The molecule has 0 aliphatic heterocycles. The van der Waals surface area contributed by atoms with E-state index in [0.29, 0.717) is 23.8 Å². The molecular formula is C18H23N3O5S2. The summed E-state index contributed by atoms with van der Waals surface area (Å²) in [4.78, 5) is 16.5. The number of ether oxygens (including phenoxy) is 2. The number of carbonyl (C=O) groups excluding carboxylic acids is 1. The Balaban J connectivity index is 2.01. The normalized spacial score (nSPS) is 11.0. The zero-order valence-electron chi connectivity index (χ0n) is 15.9. The molecule has 0 aliphatic carbocycles. The third-order valence-corrected chi connectivity index (χ3v) is 5.73. The highest BCUT2D eigenvalue weighted by Gasteiger charge is 2.24. The maximum atomic E-state index is 12.3. The Kier molecular flexibility index (Phi) is 7.94. The van der Waals surface area contributed by atoms with Gasteiger partial charge in [0.25, 0.3) is 0 Å². The van der Waals surface area contributed by atoms with E-state index in [1.807, 2.05) is 18.2 Å². The minimum atomic E-state index is -3.70. The molecule has 1 N–H and O–H groups in total. The van der Waals surface area contributed by atoms with Crippen LogP contribution in [0, 0.1) is 0 Å². The number of anilines is 1. The lowest BCUT2D eigenvalue weighted by Gasteiger charge is -2.24. The van der Waals surface area contributed by atoms with Crippen molar-refractivity contribution in [3.8, 4) is 11.5 Å². The van der Waals surface area contributed by atoms with Gasteiger partial charge in [-0.15, -0.1) is 11.8 Å². The number of pyridine rings is 1. The first-order valence-electron chi connectivity index (χ1n) is 8.35. The molecule has 8 nitrogen and oxygen atoms in total. The van der Waals surface area contributed by atoms with E-state index in [9.17, 15) is 13.2 Å². The van der Waals surface area contributed by atoms with Crippen molar-refractivity contribution in [3.63, 3.8) is 0 Å². The van der Waals surface area contributed by atoms with Gasteiger partial charge in [-0.3, -0.25) is 9.10 Å². The van der Waals surface area contributed by atoms with Crippen LogP contribution >= 0.6 is 11.8 Å². The van der Waals surface area contributed by atoms with Gasteiger partial charge in [-0.1, -0.05) is 6.07 Å². The number of aromatic nitrogens is 1. The van der Waals surface area contributed by atoms with Crippen molar-refractivity contribution in [1.29, 1.82) is 0 Å². The van der Waals surface area contributed by atoms with Gasteiger partial charge in [0.05, 0.1) is 31.2 Å². The quantitative estimate of drug-likeness (QED) is 0.458. The van der Waals surface area contributed by atoms with Crippen molar-refractivity contribution in [2.45, 2.75) is 5.03 Å². The number of hydrogen-bond acceptors (Lipinski definition) is 7. The van der Waals surface area contributed by atoms with Crippen LogP contribution in [0.25, 0.3) is 0 Å². The highest BCUT2D eigenvalue weighted by molar-refractivity contribution is 7.99. The summed E-state index contributed by atoms with van der Waals surface area (Å²) >= 11 is 1.50. The van der Waals surface area contributed by atoms with Crippen molar-refractivity contribution in [2.75, 3.05) is 43.6 Å². The molecule has 1 amide bonds. The molecule has 0 saturated heterocycles. The summed E-state index contributed by atoms with van der Waals surface area (Å²) in [5.41, 5.74) is 0.267. The summed E-state index contributed by atoms with van der Waals surface area (Å²) in [7, 11) is -0.779. The van der Waals surface area contributed by atoms with Crippen molar-refractivity contribution < 1.29 is 22.7 Å². The van der Waals surface area contributed by atoms with E-state index < -0.39 is 15.9 Å². The van der Waals surface area contributed by atoms with E-state index in [1.165, 1.54) is 26.0 Å². The van der Waals surface area contributed by atoms with Crippen molar-refractivity contribution in [2.24, 2.45) is 0 Å². The van der Waals surface area contributed by atoms with E-state index >= 15 is 0 Å². The summed E-state index contributed by atoms with van der Waals surface area (Å²) in [5.74, 6) is 1.02. The molecule has 2 rings (SSSR count). The lowest BCUT2D eigenvalue weighted by atomic mass is 10.2.